The highest BCUT2D eigenvalue weighted by atomic mass is 16.5. The number of carboxylic acids is 1. The Morgan fingerprint density at radius 2 is 2.27 bits per heavy atom. The third-order valence-electron chi connectivity index (χ3n) is 4.35. The highest BCUT2D eigenvalue weighted by Gasteiger charge is 2.33. The van der Waals surface area contributed by atoms with Crippen LogP contribution < -0.4 is 0 Å². The summed E-state index contributed by atoms with van der Waals surface area (Å²) in [7, 11) is 1.62. The summed E-state index contributed by atoms with van der Waals surface area (Å²) in [5, 5.41) is 9.32. The Hall–Kier alpha value is -1.86. The van der Waals surface area contributed by atoms with Crippen molar-refractivity contribution in [3.63, 3.8) is 0 Å². The molecule has 120 valence electrons. The molecule has 0 radical (unpaired) electrons. The number of aromatic nitrogens is 1. The van der Waals surface area contributed by atoms with E-state index in [-0.39, 0.29) is 24.1 Å². The van der Waals surface area contributed by atoms with Gasteiger partial charge in [-0.3, -0.25) is 4.79 Å². The maximum atomic E-state index is 12.9. The largest absolute Gasteiger partial charge is 0.478 e. The van der Waals surface area contributed by atoms with E-state index in [1.807, 2.05) is 0 Å². The number of hydrogen-bond acceptors (Lipinski definition) is 4. The van der Waals surface area contributed by atoms with E-state index in [0.717, 1.165) is 12.8 Å². The molecule has 0 saturated carbocycles. The maximum Gasteiger partial charge on any atom is 0.337 e. The number of carboxylic acid groups (broad SMARTS) is 1. The third-order valence-corrected chi connectivity index (χ3v) is 4.35. The first-order valence-corrected chi connectivity index (χ1v) is 7.47. The van der Waals surface area contributed by atoms with Gasteiger partial charge in [-0.2, -0.15) is 0 Å². The normalized spacial score (nSPS) is 21.0. The van der Waals surface area contributed by atoms with Gasteiger partial charge in [0.15, 0.2) is 0 Å². The van der Waals surface area contributed by atoms with Crippen LogP contribution in [0.5, 0.6) is 0 Å². The minimum atomic E-state index is -1.02. The van der Waals surface area contributed by atoms with Crippen molar-refractivity contribution in [2.75, 3.05) is 26.9 Å². The summed E-state index contributed by atoms with van der Waals surface area (Å²) < 4.78 is 12.3. The number of hydrogen-bond donors (Lipinski definition) is 1. The van der Waals surface area contributed by atoms with Crippen molar-refractivity contribution in [1.82, 2.24) is 9.47 Å². The van der Waals surface area contributed by atoms with Gasteiger partial charge in [0.2, 0.25) is 0 Å². The molecule has 7 nitrogen and oxygen atoms in total. The number of methoxy groups -OCH3 is 1. The number of nitrogens with zero attached hydrogens (tertiary/aromatic N) is 2. The van der Waals surface area contributed by atoms with E-state index in [9.17, 15) is 14.7 Å². The topological polar surface area (TPSA) is 81.0 Å². The van der Waals surface area contributed by atoms with Crippen molar-refractivity contribution in [3.05, 3.63) is 23.0 Å². The van der Waals surface area contributed by atoms with E-state index >= 15 is 0 Å². The van der Waals surface area contributed by atoms with Crippen LogP contribution in [0.25, 0.3) is 0 Å². The number of fused-ring (bicyclic) bond motifs is 1. The zero-order chi connectivity index (χ0) is 15.7. The lowest BCUT2D eigenvalue weighted by Crippen LogP contribution is -2.39. The molecule has 3 heterocycles. The number of amides is 1. The summed E-state index contributed by atoms with van der Waals surface area (Å²) in [6.45, 7) is 2.42. The van der Waals surface area contributed by atoms with E-state index in [1.165, 1.54) is 6.07 Å². The average Bonchev–Trinajstić information content (AvgIpc) is 3.11. The number of carbonyl (C=O) groups is 2. The average molecular weight is 308 g/mol. The lowest BCUT2D eigenvalue weighted by molar-refractivity contribution is 0.0584. The molecule has 0 aromatic carbocycles. The van der Waals surface area contributed by atoms with Crippen molar-refractivity contribution in [1.29, 1.82) is 0 Å². The van der Waals surface area contributed by atoms with Crippen LogP contribution in [0.3, 0.4) is 0 Å². The second-order valence-electron chi connectivity index (χ2n) is 5.65. The SMILES string of the molecule is COCC1CCCN1C(=O)c1cc(C(=O)O)c2n1CCOC2. The molecular formula is C15H20N2O5. The summed E-state index contributed by atoms with van der Waals surface area (Å²) in [4.78, 5) is 26.0. The highest BCUT2D eigenvalue weighted by Crippen LogP contribution is 2.25. The lowest BCUT2D eigenvalue weighted by atomic mass is 10.2. The van der Waals surface area contributed by atoms with Crippen LogP contribution in [0.1, 0.15) is 39.4 Å². The van der Waals surface area contributed by atoms with Gasteiger partial charge in [0, 0.05) is 20.2 Å². The molecule has 0 aliphatic carbocycles. The molecule has 22 heavy (non-hydrogen) atoms. The Kier molecular flexibility index (Phi) is 4.17. The Morgan fingerprint density at radius 3 is 3.00 bits per heavy atom. The standard InChI is InChI=1S/C15H20N2O5/c1-21-8-10-3-2-4-16(10)14(18)12-7-11(15(19)20)13-9-22-6-5-17(12)13/h7,10H,2-6,8-9H2,1H3,(H,19,20). The quantitative estimate of drug-likeness (QED) is 0.896. The van der Waals surface area contributed by atoms with Crippen LogP contribution in [0, 0.1) is 0 Å². The fourth-order valence-electron chi connectivity index (χ4n) is 3.30. The minimum absolute atomic E-state index is 0.0665. The Labute approximate surface area is 128 Å². The zero-order valence-corrected chi connectivity index (χ0v) is 12.6. The fourth-order valence-corrected chi connectivity index (χ4v) is 3.30. The van der Waals surface area contributed by atoms with Gasteiger partial charge >= 0.3 is 5.97 Å². The first-order valence-electron chi connectivity index (χ1n) is 7.47. The first kappa shape index (κ1) is 15.1. The number of aromatic carboxylic acids is 1. The van der Waals surface area contributed by atoms with Gasteiger partial charge in [-0.1, -0.05) is 0 Å². The van der Waals surface area contributed by atoms with Gasteiger partial charge in [0.25, 0.3) is 5.91 Å². The van der Waals surface area contributed by atoms with E-state index < -0.39 is 5.97 Å². The third kappa shape index (κ3) is 2.50. The molecule has 1 fully saturated rings. The van der Waals surface area contributed by atoms with Crippen LogP contribution in [-0.2, 0) is 22.6 Å². The number of carbonyl (C=O) groups excluding carboxylic acids is 1. The van der Waals surface area contributed by atoms with Gasteiger partial charge in [0.05, 0.1) is 37.1 Å². The van der Waals surface area contributed by atoms with Gasteiger partial charge in [-0.05, 0) is 18.9 Å². The number of rotatable bonds is 4. The fraction of sp³-hybridized carbons (Fsp3) is 0.600. The second kappa shape index (κ2) is 6.10. The van der Waals surface area contributed by atoms with Crippen LogP contribution in [0.2, 0.25) is 0 Å². The van der Waals surface area contributed by atoms with E-state index in [0.29, 0.717) is 37.7 Å². The van der Waals surface area contributed by atoms with Crippen molar-refractivity contribution in [2.45, 2.75) is 32.0 Å². The molecule has 2 aliphatic heterocycles. The van der Waals surface area contributed by atoms with Gasteiger partial charge in [-0.25, -0.2) is 4.79 Å². The first-order chi connectivity index (χ1) is 10.6. The van der Waals surface area contributed by atoms with E-state index in [2.05, 4.69) is 0 Å². The summed E-state index contributed by atoms with van der Waals surface area (Å²) in [6.07, 6.45) is 1.87. The Morgan fingerprint density at radius 1 is 1.45 bits per heavy atom. The molecule has 2 aliphatic rings. The van der Waals surface area contributed by atoms with Gasteiger partial charge < -0.3 is 24.0 Å². The van der Waals surface area contributed by atoms with Crippen LogP contribution in [0.4, 0.5) is 0 Å². The Bertz CT molecular complexity index is 595. The molecule has 3 rings (SSSR count). The zero-order valence-electron chi connectivity index (χ0n) is 12.6. The summed E-state index contributed by atoms with van der Waals surface area (Å²) in [6, 6.07) is 1.55. The molecule has 0 spiro atoms. The number of ether oxygens (including phenoxy) is 2. The summed E-state index contributed by atoms with van der Waals surface area (Å²) in [5.41, 5.74) is 1.17. The summed E-state index contributed by atoms with van der Waals surface area (Å²) in [5.74, 6) is -1.14. The summed E-state index contributed by atoms with van der Waals surface area (Å²) >= 11 is 0. The van der Waals surface area contributed by atoms with Crippen LogP contribution in [0.15, 0.2) is 6.07 Å². The molecule has 7 heteroatoms. The Balaban J connectivity index is 1.94. The monoisotopic (exact) mass is 308 g/mol. The van der Waals surface area contributed by atoms with Gasteiger partial charge in [-0.15, -0.1) is 0 Å². The molecule has 0 bridgehead atoms. The molecular weight excluding hydrogens is 288 g/mol. The van der Waals surface area contributed by atoms with Crippen LogP contribution >= 0.6 is 0 Å². The minimum Gasteiger partial charge on any atom is -0.478 e. The number of likely N-dealkylation sites (tertiary alicyclic amines) is 1. The molecule has 1 atom stereocenters. The van der Waals surface area contributed by atoms with Crippen LogP contribution in [-0.4, -0.2) is 59.4 Å². The molecule has 1 unspecified atom stereocenters. The maximum absolute atomic E-state index is 12.9. The lowest BCUT2D eigenvalue weighted by Gasteiger charge is -2.26. The molecule has 1 amide bonds. The van der Waals surface area contributed by atoms with Crippen molar-refractivity contribution >= 4 is 11.9 Å². The van der Waals surface area contributed by atoms with Crippen molar-refractivity contribution in [3.8, 4) is 0 Å². The molecule has 1 aromatic rings. The molecule has 1 saturated heterocycles. The van der Waals surface area contributed by atoms with Gasteiger partial charge in [0.1, 0.15) is 5.69 Å². The van der Waals surface area contributed by atoms with Crippen molar-refractivity contribution < 1.29 is 24.2 Å². The predicted octanol–water partition coefficient (Wildman–Crippen LogP) is 0.968. The second-order valence-corrected chi connectivity index (χ2v) is 5.65. The van der Waals surface area contributed by atoms with E-state index in [1.54, 1.807) is 16.6 Å². The molecule has 1 aromatic heterocycles. The van der Waals surface area contributed by atoms with Crippen molar-refractivity contribution in [2.24, 2.45) is 0 Å². The molecule has 1 N–H and O–H groups in total. The smallest absolute Gasteiger partial charge is 0.337 e. The van der Waals surface area contributed by atoms with E-state index in [4.69, 9.17) is 9.47 Å². The highest BCUT2D eigenvalue weighted by molar-refractivity contribution is 5.98. The predicted molar refractivity (Wildman–Crippen MR) is 77.0 cm³/mol.